The van der Waals surface area contributed by atoms with Crippen molar-refractivity contribution in [2.24, 2.45) is 5.14 Å². The molecular weight excluding hydrogens is 386 g/mol. The molecule has 1 aliphatic heterocycles. The minimum atomic E-state index is -3.72. The van der Waals surface area contributed by atoms with Gasteiger partial charge in [-0.15, -0.1) is 10.2 Å². The quantitative estimate of drug-likeness (QED) is 0.700. The van der Waals surface area contributed by atoms with Crippen molar-refractivity contribution in [3.63, 3.8) is 0 Å². The van der Waals surface area contributed by atoms with E-state index in [-0.39, 0.29) is 22.6 Å². The number of sulfonamides is 1. The van der Waals surface area contributed by atoms with Crippen LogP contribution in [0.25, 0.3) is 0 Å². The molecule has 1 aromatic heterocycles. The van der Waals surface area contributed by atoms with Gasteiger partial charge in [-0.1, -0.05) is 30.3 Å². The Morgan fingerprint density at radius 3 is 2.70 bits per heavy atom. The zero-order valence-electron chi connectivity index (χ0n) is 15.1. The maximum absolute atomic E-state index is 12.3. The molecule has 27 heavy (non-hydrogen) atoms. The SMILES string of the molecule is C[C@@H](NC(=O)CSc1nnc2n1CCCCC2)c1ccc(S(N)(=O)=O)cc1. The molecule has 0 unspecified atom stereocenters. The summed E-state index contributed by atoms with van der Waals surface area (Å²) in [5, 5.41) is 17.2. The summed E-state index contributed by atoms with van der Waals surface area (Å²) >= 11 is 1.38. The highest BCUT2D eigenvalue weighted by Gasteiger charge is 2.17. The number of amides is 1. The number of rotatable bonds is 6. The number of nitrogens with one attached hydrogen (secondary N) is 1. The minimum absolute atomic E-state index is 0.0489. The second-order valence-electron chi connectivity index (χ2n) is 6.55. The largest absolute Gasteiger partial charge is 0.349 e. The highest BCUT2D eigenvalue weighted by Crippen LogP contribution is 2.22. The number of nitrogens with zero attached hydrogens (tertiary/aromatic N) is 3. The number of aryl methyl sites for hydroxylation is 1. The van der Waals surface area contributed by atoms with E-state index >= 15 is 0 Å². The number of thioether (sulfide) groups is 1. The lowest BCUT2D eigenvalue weighted by atomic mass is 10.1. The van der Waals surface area contributed by atoms with Gasteiger partial charge in [0.1, 0.15) is 5.82 Å². The summed E-state index contributed by atoms with van der Waals surface area (Å²) in [6.07, 6.45) is 4.36. The summed E-state index contributed by atoms with van der Waals surface area (Å²) in [6, 6.07) is 5.93. The van der Waals surface area contributed by atoms with E-state index in [1.807, 2.05) is 6.92 Å². The van der Waals surface area contributed by atoms with Crippen molar-refractivity contribution in [2.75, 3.05) is 5.75 Å². The molecule has 1 aliphatic rings. The molecular formula is C17H23N5O3S2. The molecule has 0 saturated heterocycles. The van der Waals surface area contributed by atoms with E-state index in [1.54, 1.807) is 12.1 Å². The van der Waals surface area contributed by atoms with Gasteiger partial charge < -0.3 is 9.88 Å². The van der Waals surface area contributed by atoms with Crippen LogP contribution in [0.4, 0.5) is 0 Å². The Morgan fingerprint density at radius 1 is 1.26 bits per heavy atom. The van der Waals surface area contributed by atoms with Gasteiger partial charge >= 0.3 is 0 Å². The molecule has 0 radical (unpaired) electrons. The van der Waals surface area contributed by atoms with Gasteiger partial charge in [0, 0.05) is 13.0 Å². The molecule has 8 nitrogen and oxygen atoms in total. The number of benzene rings is 1. The van der Waals surface area contributed by atoms with Crippen molar-refractivity contribution in [2.45, 2.75) is 55.2 Å². The number of fused-ring (bicyclic) bond motifs is 1. The Balaban J connectivity index is 1.55. The summed E-state index contributed by atoms with van der Waals surface area (Å²) < 4.78 is 24.7. The molecule has 3 N–H and O–H groups in total. The van der Waals surface area contributed by atoms with Crippen LogP contribution in [-0.4, -0.2) is 34.8 Å². The first-order chi connectivity index (χ1) is 12.8. The van der Waals surface area contributed by atoms with Gasteiger partial charge in [-0.25, -0.2) is 13.6 Å². The maximum atomic E-state index is 12.3. The fraction of sp³-hybridized carbons (Fsp3) is 0.471. The normalized spacial score (nSPS) is 15.6. The van der Waals surface area contributed by atoms with Crippen molar-refractivity contribution in [3.05, 3.63) is 35.7 Å². The van der Waals surface area contributed by atoms with Gasteiger partial charge in [0.05, 0.1) is 16.7 Å². The highest BCUT2D eigenvalue weighted by molar-refractivity contribution is 7.99. The van der Waals surface area contributed by atoms with Crippen LogP contribution in [0.15, 0.2) is 34.3 Å². The first-order valence-electron chi connectivity index (χ1n) is 8.81. The van der Waals surface area contributed by atoms with Gasteiger partial charge in [0.25, 0.3) is 0 Å². The van der Waals surface area contributed by atoms with Crippen LogP contribution in [-0.2, 0) is 27.8 Å². The number of hydrogen-bond acceptors (Lipinski definition) is 6. The van der Waals surface area contributed by atoms with E-state index in [1.165, 1.54) is 30.3 Å². The summed E-state index contributed by atoms with van der Waals surface area (Å²) in [5.41, 5.74) is 0.803. The average molecular weight is 410 g/mol. The summed E-state index contributed by atoms with van der Waals surface area (Å²) in [4.78, 5) is 12.3. The van der Waals surface area contributed by atoms with Crippen LogP contribution in [0.1, 0.15) is 43.6 Å². The molecule has 1 amide bonds. The van der Waals surface area contributed by atoms with Crippen LogP contribution in [0.5, 0.6) is 0 Å². The molecule has 0 spiro atoms. The molecule has 0 fully saturated rings. The number of carbonyl (C=O) groups is 1. The summed E-state index contributed by atoms with van der Waals surface area (Å²) in [5.74, 6) is 1.13. The average Bonchev–Trinajstić information content (AvgIpc) is 2.85. The Kier molecular flexibility index (Phi) is 6.18. The Morgan fingerprint density at radius 2 is 2.00 bits per heavy atom. The molecule has 0 bridgehead atoms. The van der Waals surface area contributed by atoms with E-state index in [2.05, 4.69) is 20.1 Å². The smallest absolute Gasteiger partial charge is 0.238 e. The van der Waals surface area contributed by atoms with Crippen LogP contribution in [0.3, 0.4) is 0 Å². The standard InChI is InChI=1S/C17H23N5O3S2/c1-12(13-6-8-14(9-7-13)27(18,24)25)19-16(23)11-26-17-21-20-15-5-3-2-4-10-22(15)17/h6-9,12H,2-5,10-11H2,1H3,(H,19,23)(H2,18,24,25)/t12-/m1/s1. The third kappa shape index (κ3) is 5.08. The molecule has 0 saturated carbocycles. The van der Waals surface area contributed by atoms with Crippen molar-refractivity contribution in [1.29, 1.82) is 0 Å². The highest BCUT2D eigenvalue weighted by atomic mass is 32.2. The van der Waals surface area contributed by atoms with E-state index in [9.17, 15) is 13.2 Å². The lowest BCUT2D eigenvalue weighted by molar-refractivity contribution is -0.119. The van der Waals surface area contributed by atoms with Crippen molar-refractivity contribution >= 4 is 27.7 Å². The molecule has 2 heterocycles. The van der Waals surface area contributed by atoms with Crippen LogP contribution in [0, 0.1) is 0 Å². The fourth-order valence-corrected chi connectivity index (χ4v) is 4.32. The first kappa shape index (κ1) is 19.8. The molecule has 1 atom stereocenters. The number of aromatic nitrogens is 3. The molecule has 2 aromatic rings. The predicted octanol–water partition coefficient (Wildman–Crippen LogP) is 1.62. The van der Waals surface area contributed by atoms with Gasteiger partial charge in [0.15, 0.2) is 5.16 Å². The van der Waals surface area contributed by atoms with Gasteiger partial charge in [-0.3, -0.25) is 4.79 Å². The third-order valence-electron chi connectivity index (χ3n) is 4.49. The zero-order chi connectivity index (χ0) is 19.4. The third-order valence-corrected chi connectivity index (χ3v) is 6.39. The minimum Gasteiger partial charge on any atom is -0.349 e. The lowest BCUT2D eigenvalue weighted by Gasteiger charge is -2.14. The van der Waals surface area contributed by atoms with Crippen LogP contribution in [0.2, 0.25) is 0 Å². The topological polar surface area (TPSA) is 120 Å². The van der Waals surface area contributed by atoms with Crippen molar-refractivity contribution < 1.29 is 13.2 Å². The molecule has 3 rings (SSSR count). The summed E-state index contributed by atoms with van der Waals surface area (Å²) in [7, 11) is -3.72. The van der Waals surface area contributed by atoms with E-state index < -0.39 is 10.0 Å². The summed E-state index contributed by atoms with van der Waals surface area (Å²) in [6.45, 7) is 2.75. The van der Waals surface area contributed by atoms with E-state index in [4.69, 9.17) is 5.14 Å². The first-order valence-corrected chi connectivity index (χ1v) is 11.3. The van der Waals surface area contributed by atoms with E-state index in [0.717, 1.165) is 42.4 Å². The van der Waals surface area contributed by atoms with Gasteiger partial charge in [-0.05, 0) is 37.5 Å². The molecule has 1 aromatic carbocycles. The van der Waals surface area contributed by atoms with Crippen molar-refractivity contribution in [3.8, 4) is 0 Å². The Bertz CT molecular complexity index is 909. The lowest BCUT2D eigenvalue weighted by Crippen LogP contribution is -2.28. The number of hydrogen-bond donors (Lipinski definition) is 2. The zero-order valence-corrected chi connectivity index (χ0v) is 16.7. The number of primary sulfonamides is 1. The Hall–Kier alpha value is -1.91. The van der Waals surface area contributed by atoms with Crippen molar-refractivity contribution in [1.82, 2.24) is 20.1 Å². The molecule has 10 heteroatoms. The van der Waals surface area contributed by atoms with Gasteiger partial charge in [0.2, 0.25) is 15.9 Å². The van der Waals surface area contributed by atoms with Crippen LogP contribution < -0.4 is 10.5 Å². The monoisotopic (exact) mass is 409 g/mol. The second kappa shape index (κ2) is 8.41. The second-order valence-corrected chi connectivity index (χ2v) is 9.06. The Labute approximate surface area is 163 Å². The maximum Gasteiger partial charge on any atom is 0.238 e. The van der Waals surface area contributed by atoms with Crippen LogP contribution >= 0.6 is 11.8 Å². The fourth-order valence-electron chi connectivity index (χ4n) is 3.01. The van der Waals surface area contributed by atoms with E-state index in [0.29, 0.717) is 0 Å². The number of nitrogens with two attached hydrogens (primary N) is 1. The van der Waals surface area contributed by atoms with Gasteiger partial charge in [-0.2, -0.15) is 0 Å². The molecule has 0 aliphatic carbocycles. The molecule has 146 valence electrons. The number of carbonyl (C=O) groups excluding carboxylic acids is 1. The predicted molar refractivity (Wildman–Crippen MR) is 103 cm³/mol.